The van der Waals surface area contributed by atoms with E-state index in [-0.39, 0.29) is 0 Å². The van der Waals surface area contributed by atoms with Gasteiger partial charge in [-0.1, -0.05) is 0 Å². The number of carboxylic acid groups (broad SMARTS) is 1. The molecular formula is C11H10F3NO3. The molecule has 1 atom stereocenters. The summed E-state index contributed by atoms with van der Waals surface area (Å²) in [4.78, 5) is 21.7. The molecule has 98 valence electrons. The van der Waals surface area contributed by atoms with Crippen molar-refractivity contribution >= 4 is 11.9 Å². The van der Waals surface area contributed by atoms with Crippen LogP contribution < -0.4 is 5.32 Å². The minimum absolute atomic E-state index is 0.709. The Kier molecular flexibility index (Phi) is 3.95. The van der Waals surface area contributed by atoms with Crippen LogP contribution >= 0.6 is 0 Å². The molecule has 0 spiro atoms. The molecule has 0 aliphatic rings. The minimum atomic E-state index is -3.92. The van der Waals surface area contributed by atoms with Gasteiger partial charge in [-0.15, -0.1) is 0 Å². The summed E-state index contributed by atoms with van der Waals surface area (Å²) in [5.74, 6) is -7.81. The molecular weight excluding hydrogens is 251 g/mol. The van der Waals surface area contributed by atoms with Gasteiger partial charge in [-0.05, 0) is 31.2 Å². The lowest BCUT2D eigenvalue weighted by molar-refractivity contribution is -0.151. The third kappa shape index (κ3) is 2.99. The number of carbonyl (C=O) groups excluding carboxylic acids is 1. The molecule has 1 aromatic rings. The zero-order valence-corrected chi connectivity index (χ0v) is 9.28. The molecule has 7 heteroatoms. The van der Waals surface area contributed by atoms with Crippen molar-refractivity contribution in [2.75, 3.05) is 0 Å². The first kappa shape index (κ1) is 14.0. The number of benzene rings is 1. The fraction of sp³-hybridized carbons (Fsp3) is 0.273. The van der Waals surface area contributed by atoms with E-state index in [0.717, 1.165) is 31.2 Å². The van der Waals surface area contributed by atoms with Crippen molar-refractivity contribution in [3.05, 3.63) is 35.6 Å². The average Bonchev–Trinajstić information content (AvgIpc) is 2.29. The zero-order valence-electron chi connectivity index (χ0n) is 9.28. The summed E-state index contributed by atoms with van der Waals surface area (Å²) in [5.41, 5.74) is -0.709. The van der Waals surface area contributed by atoms with Crippen molar-refractivity contribution in [1.82, 2.24) is 5.32 Å². The van der Waals surface area contributed by atoms with Gasteiger partial charge in [0.25, 0.3) is 5.91 Å². The molecule has 1 rings (SSSR count). The normalized spacial score (nSPS) is 12.9. The Morgan fingerprint density at radius 3 is 2.22 bits per heavy atom. The molecule has 0 bridgehead atoms. The molecule has 0 aromatic heterocycles. The Balaban J connectivity index is 2.89. The molecule has 0 radical (unpaired) electrons. The van der Waals surface area contributed by atoms with E-state index in [0.29, 0.717) is 0 Å². The second-order valence-corrected chi connectivity index (χ2v) is 3.61. The van der Waals surface area contributed by atoms with Crippen LogP contribution in [-0.2, 0) is 15.5 Å². The molecule has 0 aliphatic carbocycles. The molecule has 1 amide bonds. The predicted molar refractivity (Wildman–Crippen MR) is 55.5 cm³/mol. The maximum atomic E-state index is 13.6. The standard InChI is InChI=1S/C11H10F3NO3/c1-6(9(16)17)15-10(18)11(13,14)7-2-4-8(12)5-3-7/h2-6H,1H3,(H,15,18)(H,16,17)/t6-/m0/s1. The summed E-state index contributed by atoms with van der Waals surface area (Å²) >= 11 is 0. The van der Waals surface area contributed by atoms with Crippen molar-refractivity contribution in [2.24, 2.45) is 0 Å². The van der Waals surface area contributed by atoms with E-state index in [1.54, 1.807) is 5.32 Å². The Bertz CT molecular complexity index is 459. The molecule has 0 heterocycles. The second-order valence-electron chi connectivity index (χ2n) is 3.61. The SMILES string of the molecule is C[C@H](NC(=O)C(F)(F)c1ccc(F)cc1)C(=O)O. The van der Waals surface area contributed by atoms with Crippen LogP contribution in [0.4, 0.5) is 13.2 Å². The summed E-state index contributed by atoms with van der Waals surface area (Å²) < 4.78 is 39.7. The average molecular weight is 261 g/mol. The number of amides is 1. The Labute approximate surface area is 100 Å². The van der Waals surface area contributed by atoms with Gasteiger partial charge < -0.3 is 10.4 Å². The highest BCUT2D eigenvalue weighted by Crippen LogP contribution is 2.28. The molecule has 0 fully saturated rings. The van der Waals surface area contributed by atoms with Crippen LogP contribution in [0.3, 0.4) is 0 Å². The summed E-state index contributed by atoms with van der Waals surface area (Å²) in [6.45, 7) is 1.06. The maximum absolute atomic E-state index is 13.6. The summed E-state index contributed by atoms with van der Waals surface area (Å²) in [6, 6.07) is 1.67. The van der Waals surface area contributed by atoms with Gasteiger partial charge in [-0.25, -0.2) is 4.39 Å². The van der Waals surface area contributed by atoms with E-state index in [4.69, 9.17) is 5.11 Å². The van der Waals surface area contributed by atoms with E-state index in [1.165, 1.54) is 0 Å². The van der Waals surface area contributed by atoms with Gasteiger partial charge in [0.05, 0.1) is 0 Å². The van der Waals surface area contributed by atoms with Crippen molar-refractivity contribution in [2.45, 2.75) is 18.9 Å². The molecule has 1 aromatic carbocycles. The first-order chi connectivity index (χ1) is 8.25. The lowest BCUT2D eigenvalue weighted by Crippen LogP contribution is -2.45. The number of halogens is 3. The third-order valence-electron chi connectivity index (χ3n) is 2.21. The number of hydrogen-bond acceptors (Lipinski definition) is 2. The van der Waals surface area contributed by atoms with Crippen LogP contribution in [0.5, 0.6) is 0 Å². The first-order valence-electron chi connectivity index (χ1n) is 4.92. The maximum Gasteiger partial charge on any atom is 0.349 e. The number of hydrogen-bond donors (Lipinski definition) is 2. The summed E-state index contributed by atoms with van der Waals surface area (Å²) in [6.07, 6.45) is 0. The fourth-order valence-electron chi connectivity index (χ4n) is 1.14. The van der Waals surface area contributed by atoms with Crippen LogP contribution in [-0.4, -0.2) is 23.0 Å². The van der Waals surface area contributed by atoms with Gasteiger partial charge in [0.2, 0.25) is 0 Å². The molecule has 0 saturated carbocycles. The largest absolute Gasteiger partial charge is 0.480 e. The molecule has 18 heavy (non-hydrogen) atoms. The molecule has 0 unspecified atom stereocenters. The van der Waals surface area contributed by atoms with Crippen LogP contribution in [0.15, 0.2) is 24.3 Å². The van der Waals surface area contributed by atoms with E-state index in [9.17, 15) is 22.8 Å². The number of carboxylic acids is 1. The monoisotopic (exact) mass is 261 g/mol. The van der Waals surface area contributed by atoms with E-state index < -0.39 is 35.2 Å². The van der Waals surface area contributed by atoms with Gasteiger partial charge >= 0.3 is 11.9 Å². The third-order valence-corrected chi connectivity index (χ3v) is 2.21. The van der Waals surface area contributed by atoms with Crippen molar-refractivity contribution in [3.63, 3.8) is 0 Å². The highest BCUT2D eigenvalue weighted by molar-refractivity contribution is 5.88. The van der Waals surface area contributed by atoms with Crippen LogP contribution in [0.25, 0.3) is 0 Å². The lowest BCUT2D eigenvalue weighted by Gasteiger charge is -2.18. The lowest BCUT2D eigenvalue weighted by atomic mass is 10.1. The van der Waals surface area contributed by atoms with Crippen molar-refractivity contribution in [1.29, 1.82) is 0 Å². The van der Waals surface area contributed by atoms with Gasteiger partial charge in [0.1, 0.15) is 11.9 Å². The highest BCUT2D eigenvalue weighted by atomic mass is 19.3. The number of rotatable bonds is 4. The number of aliphatic carboxylic acids is 1. The molecule has 0 saturated heterocycles. The van der Waals surface area contributed by atoms with Gasteiger partial charge in [0.15, 0.2) is 0 Å². The summed E-state index contributed by atoms with van der Waals surface area (Å²) in [5, 5.41) is 10.1. The first-order valence-corrected chi connectivity index (χ1v) is 4.92. The van der Waals surface area contributed by atoms with E-state index >= 15 is 0 Å². The van der Waals surface area contributed by atoms with E-state index in [1.807, 2.05) is 0 Å². The predicted octanol–water partition coefficient (Wildman–Crippen LogP) is 1.51. The molecule has 0 aliphatic heterocycles. The zero-order chi connectivity index (χ0) is 13.9. The topological polar surface area (TPSA) is 66.4 Å². The Morgan fingerprint density at radius 2 is 1.78 bits per heavy atom. The van der Waals surface area contributed by atoms with Crippen LogP contribution in [0, 0.1) is 5.82 Å². The quantitative estimate of drug-likeness (QED) is 0.863. The van der Waals surface area contributed by atoms with Gasteiger partial charge in [0, 0.05) is 5.56 Å². The number of nitrogens with one attached hydrogen (secondary N) is 1. The van der Waals surface area contributed by atoms with E-state index in [2.05, 4.69) is 0 Å². The second kappa shape index (κ2) is 5.07. The summed E-state index contributed by atoms with van der Waals surface area (Å²) in [7, 11) is 0. The highest BCUT2D eigenvalue weighted by Gasteiger charge is 2.41. The van der Waals surface area contributed by atoms with Crippen molar-refractivity contribution < 1.29 is 27.9 Å². The van der Waals surface area contributed by atoms with Crippen LogP contribution in [0.1, 0.15) is 12.5 Å². The Morgan fingerprint density at radius 1 is 1.28 bits per heavy atom. The Hall–Kier alpha value is -2.05. The van der Waals surface area contributed by atoms with Gasteiger partial charge in [-0.3, -0.25) is 9.59 Å². The number of alkyl halides is 2. The smallest absolute Gasteiger partial charge is 0.349 e. The minimum Gasteiger partial charge on any atom is -0.480 e. The fourth-order valence-corrected chi connectivity index (χ4v) is 1.14. The van der Waals surface area contributed by atoms with Gasteiger partial charge in [-0.2, -0.15) is 8.78 Å². The molecule has 2 N–H and O–H groups in total. The van der Waals surface area contributed by atoms with Crippen molar-refractivity contribution in [3.8, 4) is 0 Å². The van der Waals surface area contributed by atoms with Crippen LogP contribution in [0.2, 0.25) is 0 Å². The molecule has 4 nitrogen and oxygen atoms in total. The number of carbonyl (C=O) groups is 2.